The van der Waals surface area contributed by atoms with Gasteiger partial charge in [0.1, 0.15) is 0 Å². The molecule has 0 N–H and O–H groups in total. The third-order valence-corrected chi connectivity index (χ3v) is 7.62. The first-order chi connectivity index (χ1) is 14.9. The van der Waals surface area contributed by atoms with Crippen molar-refractivity contribution in [3.05, 3.63) is 77.5 Å². The Bertz CT molecular complexity index is 1250. The van der Waals surface area contributed by atoms with Crippen molar-refractivity contribution in [2.45, 2.75) is 18.7 Å². The zero-order valence-corrected chi connectivity index (χ0v) is 18.5. The van der Waals surface area contributed by atoms with E-state index in [0.29, 0.717) is 18.0 Å². The predicted octanol–water partition coefficient (Wildman–Crippen LogP) is 3.40. The highest BCUT2D eigenvalue weighted by molar-refractivity contribution is 7.89. The summed E-state index contributed by atoms with van der Waals surface area (Å²) in [6.07, 6.45) is 5.05. The fourth-order valence-electron chi connectivity index (χ4n) is 3.80. The van der Waals surface area contributed by atoms with E-state index in [4.69, 9.17) is 0 Å². The molecule has 0 unspecified atom stereocenters. The normalized spacial score (nSPS) is 15.6. The average molecular weight is 436 g/mol. The number of carbonyl (C=O) groups is 1. The molecule has 1 saturated heterocycles. The number of amides is 1. The van der Waals surface area contributed by atoms with Gasteiger partial charge in [-0.2, -0.15) is 4.31 Å². The molecule has 0 bridgehead atoms. The first-order valence-corrected chi connectivity index (χ1v) is 11.7. The SMILES string of the molecule is Cc1ccc(C)c(S(=O)(=O)N2CCN(C(=O)/C=C/c3cccc4cccnc34)CC2)c1. The summed E-state index contributed by atoms with van der Waals surface area (Å²) in [5.41, 5.74) is 3.36. The highest BCUT2D eigenvalue weighted by Crippen LogP contribution is 2.23. The molecule has 1 amide bonds. The Morgan fingerprint density at radius 3 is 2.52 bits per heavy atom. The third-order valence-electron chi connectivity index (χ3n) is 5.58. The fourth-order valence-corrected chi connectivity index (χ4v) is 5.53. The van der Waals surface area contributed by atoms with Crippen LogP contribution in [0.1, 0.15) is 16.7 Å². The number of fused-ring (bicyclic) bond motifs is 1. The second kappa shape index (κ2) is 8.61. The van der Waals surface area contributed by atoms with E-state index in [1.807, 2.05) is 49.4 Å². The van der Waals surface area contributed by atoms with Gasteiger partial charge < -0.3 is 4.90 Å². The number of hydrogen-bond donors (Lipinski definition) is 0. The number of aryl methyl sites for hydroxylation is 2. The van der Waals surface area contributed by atoms with Gasteiger partial charge in [0.05, 0.1) is 10.4 Å². The van der Waals surface area contributed by atoms with Gasteiger partial charge >= 0.3 is 0 Å². The largest absolute Gasteiger partial charge is 0.337 e. The number of rotatable bonds is 4. The topological polar surface area (TPSA) is 70.6 Å². The molecule has 0 saturated carbocycles. The summed E-state index contributed by atoms with van der Waals surface area (Å²) in [4.78, 5) is 19.1. The lowest BCUT2D eigenvalue weighted by atomic mass is 10.1. The van der Waals surface area contributed by atoms with Gasteiger partial charge in [0.25, 0.3) is 0 Å². The fraction of sp³-hybridized carbons (Fsp3) is 0.250. The minimum atomic E-state index is -3.57. The van der Waals surface area contributed by atoms with Crippen LogP contribution < -0.4 is 0 Å². The molecule has 1 aliphatic heterocycles. The number of piperazine rings is 1. The number of nitrogens with zero attached hydrogens (tertiary/aromatic N) is 3. The lowest BCUT2D eigenvalue weighted by Crippen LogP contribution is -2.50. The van der Waals surface area contributed by atoms with Crippen LogP contribution in [0.3, 0.4) is 0 Å². The van der Waals surface area contributed by atoms with Crippen LogP contribution in [-0.2, 0) is 14.8 Å². The van der Waals surface area contributed by atoms with E-state index in [-0.39, 0.29) is 19.0 Å². The lowest BCUT2D eigenvalue weighted by molar-refractivity contribution is -0.127. The molecule has 1 fully saturated rings. The van der Waals surface area contributed by atoms with Gasteiger partial charge in [0.15, 0.2) is 0 Å². The van der Waals surface area contributed by atoms with Crippen molar-refractivity contribution >= 4 is 32.9 Å². The first-order valence-electron chi connectivity index (χ1n) is 10.2. The summed E-state index contributed by atoms with van der Waals surface area (Å²) in [5.74, 6) is -0.128. The van der Waals surface area contributed by atoms with Crippen molar-refractivity contribution in [1.29, 1.82) is 0 Å². The number of benzene rings is 2. The van der Waals surface area contributed by atoms with Crippen molar-refractivity contribution in [2.75, 3.05) is 26.2 Å². The molecule has 7 heteroatoms. The highest BCUT2D eigenvalue weighted by atomic mass is 32.2. The molecule has 0 spiro atoms. The molecule has 2 heterocycles. The lowest BCUT2D eigenvalue weighted by Gasteiger charge is -2.33. The van der Waals surface area contributed by atoms with Crippen LogP contribution in [0.4, 0.5) is 0 Å². The van der Waals surface area contributed by atoms with Crippen LogP contribution in [0.25, 0.3) is 17.0 Å². The molecule has 3 aromatic rings. The minimum Gasteiger partial charge on any atom is -0.337 e. The average Bonchev–Trinajstić information content (AvgIpc) is 2.79. The maximum absolute atomic E-state index is 13.1. The van der Waals surface area contributed by atoms with E-state index in [0.717, 1.165) is 27.6 Å². The van der Waals surface area contributed by atoms with Crippen LogP contribution >= 0.6 is 0 Å². The Kier molecular flexibility index (Phi) is 5.89. The van der Waals surface area contributed by atoms with Gasteiger partial charge in [-0.05, 0) is 43.2 Å². The van der Waals surface area contributed by atoms with Gasteiger partial charge in [-0.15, -0.1) is 0 Å². The Morgan fingerprint density at radius 1 is 1.00 bits per heavy atom. The number of aromatic nitrogens is 1. The highest BCUT2D eigenvalue weighted by Gasteiger charge is 2.30. The van der Waals surface area contributed by atoms with Crippen molar-refractivity contribution < 1.29 is 13.2 Å². The summed E-state index contributed by atoms with van der Waals surface area (Å²) in [6.45, 7) is 4.98. The molecule has 6 nitrogen and oxygen atoms in total. The molecule has 0 aliphatic carbocycles. The Hall–Kier alpha value is -3.03. The number of hydrogen-bond acceptors (Lipinski definition) is 4. The predicted molar refractivity (Wildman–Crippen MR) is 122 cm³/mol. The molecular weight excluding hydrogens is 410 g/mol. The van der Waals surface area contributed by atoms with Crippen molar-refractivity contribution in [3.8, 4) is 0 Å². The van der Waals surface area contributed by atoms with E-state index in [1.165, 1.54) is 10.4 Å². The third kappa shape index (κ3) is 4.38. The molecule has 1 aromatic heterocycles. The molecule has 31 heavy (non-hydrogen) atoms. The zero-order chi connectivity index (χ0) is 22.0. The summed E-state index contributed by atoms with van der Waals surface area (Å²) < 4.78 is 27.6. The second-order valence-electron chi connectivity index (χ2n) is 7.75. The van der Waals surface area contributed by atoms with Crippen molar-refractivity contribution in [3.63, 3.8) is 0 Å². The summed E-state index contributed by atoms with van der Waals surface area (Å²) in [5, 5.41) is 1.02. The van der Waals surface area contributed by atoms with E-state index < -0.39 is 10.0 Å². The van der Waals surface area contributed by atoms with Gasteiger partial charge in [-0.25, -0.2) is 8.42 Å². The molecule has 2 aromatic carbocycles. The Balaban J connectivity index is 1.44. The Morgan fingerprint density at radius 2 is 1.74 bits per heavy atom. The van der Waals surface area contributed by atoms with Crippen LogP contribution in [0, 0.1) is 13.8 Å². The Labute approximate surface area is 182 Å². The monoisotopic (exact) mass is 435 g/mol. The van der Waals surface area contributed by atoms with Crippen molar-refractivity contribution in [1.82, 2.24) is 14.2 Å². The molecule has 0 atom stereocenters. The number of para-hydroxylation sites is 1. The van der Waals surface area contributed by atoms with Crippen LogP contribution in [0.2, 0.25) is 0 Å². The smallest absolute Gasteiger partial charge is 0.246 e. The molecule has 1 aliphatic rings. The standard InChI is InChI=1S/C24H25N3O3S/c1-18-8-9-19(2)22(17-18)31(29,30)27-15-13-26(14-16-27)23(28)11-10-21-6-3-5-20-7-4-12-25-24(20)21/h3-12,17H,13-16H2,1-2H3/b11-10+. The van der Waals surface area contributed by atoms with Crippen LogP contribution in [0.5, 0.6) is 0 Å². The summed E-state index contributed by atoms with van der Waals surface area (Å²) in [7, 11) is -3.57. The van der Waals surface area contributed by atoms with Gasteiger partial charge in [-0.1, -0.05) is 36.4 Å². The molecule has 4 rings (SSSR count). The number of sulfonamides is 1. The van der Waals surface area contributed by atoms with E-state index in [9.17, 15) is 13.2 Å². The van der Waals surface area contributed by atoms with Gasteiger partial charge in [0, 0.05) is 49.4 Å². The maximum atomic E-state index is 13.1. The van der Waals surface area contributed by atoms with Crippen LogP contribution in [0.15, 0.2) is 65.7 Å². The van der Waals surface area contributed by atoms with E-state index in [2.05, 4.69) is 4.98 Å². The summed E-state index contributed by atoms with van der Waals surface area (Å²) in [6, 6.07) is 15.2. The van der Waals surface area contributed by atoms with Gasteiger partial charge in [0.2, 0.25) is 15.9 Å². The maximum Gasteiger partial charge on any atom is 0.246 e. The van der Waals surface area contributed by atoms with Crippen LogP contribution in [-0.4, -0.2) is 54.7 Å². The molecular formula is C24H25N3O3S. The summed E-state index contributed by atoms with van der Waals surface area (Å²) >= 11 is 0. The van der Waals surface area contributed by atoms with Crippen molar-refractivity contribution in [2.24, 2.45) is 0 Å². The number of pyridine rings is 1. The molecule has 160 valence electrons. The first kappa shape index (κ1) is 21.2. The van der Waals surface area contributed by atoms with E-state index >= 15 is 0 Å². The zero-order valence-electron chi connectivity index (χ0n) is 17.7. The minimum absolute atomic E-state index is 0.128. The van der Waals surface area contributed by atoms with Gasteiger partial charge in [-0.3, -0.25) is 9.78 Å². The number of carbonyl (C=O) groups excluding carboxylic acids is 1. The van der Waals surface area contributed by atoms with E-state index in [1.54, 1.807) is 30.2 Å². The quantitative estimate of drug-likeness (QED) is 0.589. The molecule has 0 radical (unpaired) electrons. The second-order valence-corrected chi connectivity index (χ2v) is 9.66.